The van der Waals surface area contributed by atoms with Crippen molar-refractivity contribution >= 4 is 57.0 Å². The Morgan fingerprint density at radius 3 is 2.67 bits per heavy atom. The van der Waals surface area contributed by atoms with Crippen molar-refractivity contribution in [3.05, 3.63) is 73.4 Å². The summed E-state index contributed by atoms with van der Waals surface area (Å²) in [6, 6.07) is 1.22. The minimum atomic E-state index is -1.22. The number of piperidine rings is 1. The molecule has 4 heterocycles. The maximum Gasteiger partial charge on any atom is 0.365 e. The Bertz CT molecular complexity index is 1470. The molecular formula is C25H22ClF2N5O4S2. The van der Waals surface area contributed by atoms with Crippen LogP contribution < -0.4 is 10.2 Å². The third-order valence-corrected chi connectivity index (χ3v) is 8.67. The summed E-state index contributed by atoms with van der Waals surface area (Å²) < 4.78 is 33.9. The van der Waals surface area contributed by atoms with Crippen molar-refractivity contribution < 1.29 is 28.2 Å². The molecule has 0 aliphatic carbocycles. The number of anilines is 1. The zero-order chi connectivity index (χ0) is 27.7. The monoisotopic (exact) mass is 593 g/mol. The lowest BCUT2D eigenvalue weighted by Gasteiger charge is -2.37. The molecule has 3 aromatic rings. The highest BCUT2D eigenvalue weighted by atomic mass is 35.5. The van der Waals surface area contributed by atoms with Gasteiger partial charge >= 0.3 is 11.9 Å². The fourth-order valence-electron chi connectivity index (χ4n) is 4.65. The van der Waals surface area contributed by atoms with E-state index in [0.717, 1.165) is 22.4 Å². The van der Waals surface area contributed by atoms with Gasteiger partial charge in [-0.05, 0) is 25.8 Å². The van der Waals surface area contributed by atoms with Gasteiger partial charge in [0.15, 0.2) is 22.5 Å². The number of carboxylic acid groups (broad SMARTS) is 1. The third kappa shape index (κ3) is 5.38. The summed E-state index contributed by atoms with van der Waals surface area (Å²) in [5.41, 5.74) is 0.874. The van der Waals surface area contributed by atoms with E-state index in [1.807, 2.05) is 4.90 Å². The highest BCUT2D eigenvalue weighted by Gasteiger charge is 2.38. The molecule has 1 atom stereocenters. The summed E-state index contributed by atoms with van der Waals surface area (Å²) in [4.78, 5) is 39.6. The number of carbonyl (C=O) groups is 2. The van der Waals surface area contributed by atoms with Crippen molar-refractivity contribution in [3.8, 4) is 0 Å². The molecule has 0 amide bonds. The standard InChI is InChI=1S/C25H22ClF2N5O4S2/c1-2-37-25(36)16-19(12-5-8-33(9-6-12)15-11-30-23(39-15)24(34)35)31-21(22-29-7-10-38-22)32-20(16)13-3-4-14(27)18(28)17(13)26/h3-4,7,10-12,20H,2,5-6,8-9H2,1H3,(H,31,32)(H,34,35). The van der Waals surface area contributed by atoms with E-state index in [4.69, 9.17) is 16.3 Å². The van der Waals surface area contributed by atoms with E-state index in [9.17, 15) is 23.5 Å². The molecule has 9 nitrogen and oxygen atoms in total. The number of aliphatic imine (C=N–C) groups is 1. The van der Waals surface area contributed by atoms with Gasteiger partial charge in [0.2, 0.25) is 5.01 Å². The Kier molecular flexibility index (Phi) is 7.91. The van der Waals surface area contributed by atoms with Crippen molar-refractivity contribution in [1.82, 2.24) is 15.3 Å². The Morgan fingerprint density at radius 2 is 2.03 bits per heavy atom. The molecule has 2 aliphatic heterocycles. The Hall–Kier alpha value is -3.42. The van der Waals surface area contributed by atoms with Crippen molar-refractivity contribution in [2.24, 2.45) is 10.9 Å². The summed E-state index contributed by atoms with van der Waals surface area (Å²) in [7, 11) is 0. The number of carbonyl (C=O) groups excluding carboxylic acids is 1. The fraction of sp³-hybridized carbons (Fsp3) is 0.320. The second-order valence-electron chi connectivity index (χ2n) is 8.73. The number of hydrogen-bond donors (Lipinski definition) is 2. The molecule has 0 bridgehead atoms. The Labute approximate surface area is 234 Å². The number of thiazole rings is 2. The molecule has 0 radical (unpaired) electrons. The first-order valence-corrected chi connectivity index (χ1v) is 14.1. The van der Waals surface area contributed by atoms with Crippen molar-refractivity contribution in [2.45, 2.75) is 25.8 Å². The van der Waals surface area contributed by atoms with E-state index in [2.05, 4.69) is 20.3 Å². The zero-order valence-electron chi connectivity index (χ0n) is 20.5. The molecule has 0 saturated carbocycles. The van der Waals surface area contributed by atoms with Gasteiger partial charge in [-0.15, -0.1) is 11.3 Å². The topological polar surface area (TPSA) is 117 Å². The summed E-state index contributed by atoms with van der Waals surface area (Å²) in [6.07, 6.45) is 4.38. The maximum absolute atomic E-state index is 14.5. The van der Waals surface area contributed by atoms with Crippen LogP contribution >= 0.6 is 34.3 Å². The van der Waals surface area contributed by atoms with E-state index in [1.54, 1.807) is 24.7 Å². The first kappa shape index (κ1) is 27.2. The predicted octanol–water partition coefficient (Wildman–Crippen LogP) is 5.05. The van der Waals surface area contributed by atoms with Crippen molar-refractivity contribution in [3.63, 3.8) is 0 Å². The van der Waals surface area contributed by atoms with Crippen LogP contribution in [-0.2, 0) is 9.53 Å². The fourth-order valence-corrected chi connectivity index (χ4v) is 6.30. The molecule has 1 saturated heterocycles. The number of benzene rings is 1. The highest BCUT2D eigenvalue weighted by Crippen LogP contribution is 2.41. The number of nitrogens with zero attached hydrogens (tertiary/aromatic N) is 4. The number of rotatable bonds is 7. The van der Waals surface area contributed by atoms with E-state index in [-0.39, 0.29) is 28.7 Å². The van der Waals surface area contributed by atoms with Crippen LogP contribution in [0.4, 0.5) is 13.8 Å². The first-order chi connectivity index (χ1) is 18.8. The number of amidine groups is 1. The van der Waals surface area contributed by atoms with Gasteiger partial charge < -0.3 is 20.1 Å². The molecule has 1 unspecified atom stereocenters. The molecule has 0 spiro atoms. The molecule has 204 valence electrons. The van der Waals surface area contributed by atoms with Crippen molar-refractivity contribution in [2.75, 3.05) is 24.6 Å². The number of aromatic carboxylic acids is 1. The van der Waals surface area contributed by atoms with Gasteiger partial charge in [0, 0.05) is 41.8 Å². The van der Waals surface area contributed by atoms with Crippen LogP contribution in [0.1, 0.15) is 46.2 Å². The van der Waals surface area contributed by atoms with Gasteiger partial charge in [-0.3, -0.25) is 4.99 Å². The maximum atomic E-state index is 14.5. The quantitative estimate of drug-likeness (QED) is 0.289. The number of allylic oxidation sites excluding steroid dienone is 1. The van der Waals surface area contributed by atoms with Crippen LogP contribution in [0.25, 0.3) is 0 Å². The zero-order valence-corrected chi connectivity index (χ0v) is 22.9. The molecule has 1 aromatic carbocycles. The van der Waals surface area contributed by atoms with Crippen LogP contribution in [-0.4, -0.2) is 52.5 Å². The number of hydrogen-bond acceptors (Lipinski definition) is 10. The Balaban J connectivity index is 1.54. The van der Waals surface area contributed by atoms with E-state index in [1.165, 1.54) is 17.4 Å². The lowest BCUT2D eigenvalue weighted by molar-refractivity contribution is -0.139. The number of ether oxygens (including phenoxy) is 1. The summed E-state index contributed by atoms with van der Waals surface area (Å²) in [5, 5.41) is 15.1. The molecule has 1 fully saturated rings. The molecule has 2 N–H and O–H groups in total. The van der Waals surface area contributed by atoms with Gasteiger partial charge in [0.05, 0.1) is 23.4 Å². The van der Waals surface area contributed by atoms with E-state index < -0.39 is 34.6 Å². The summed E-state index contributed by atoms with van der Waals surface area (Å²) in [5.74, 6) is -3.80. The second-order valence-corrected chi connectivity index (χ2v) is 11.0. The largest absolute Gasteiger partial charge is 0.476 e. The highest BCUT2D eigenvalue weighted by molar-refractivity contribution is 7.17. The average Bonchev–Trinajstić information content (AvgIpc) is 3.65. The molecular weight excluding hydrogens is 572 g/mol. The molecule has 2 aliphatic rings. The van der Waals surface area contributed by atoms with Gasteiger partial charge in [0.1, 0.15) is 11.0 Å². The number of aromatic nitrogens is 2. The molecule has 39 heavy (non-hydrogen) atoms. The number of nitrogens with one attached hydrogen (secondary N) is 1. The molecule has 14 heteroatoms. The van der Waals surface area contributed by atoms with Crippen LogP contribution in [0.15, 0.2) is 46.2 Å². The van der Waals surface area contributed by atoms with Crippen molar-refractivity contribution in [1.29, 1.82) is 0 Å². The van der Waals surface area contributed by atoms with E-state index >= 15 is 0 Å². The predicted molar refractivity (Wildman–Crippen MR) is 144 cm³/mol. The summed E-state index contributed by atoms with van der Waals surface area (Å²) in [6.45, 7) is 2.94. The van der Waals surface area contributed by atoms with Gasteiger partial charge in [-0.25, -0.2) is 28.3 Å². The Morgan fingerprint density at radius 1 is 1.26 bits per heavy atom. The van der Waals surface area contributed by atoms with Gasteiger partial charge in [-0.2, -0.15) is 0 Å². The average molecular weight is 594 g/mol. The minimum Gasteiger partial charge on any atom is -0.476 e. The normalized spacial score (nSPS) is 18.1. The molecule has 5 rings (SSSR count). The summed E-state index contributed by atoms with van der Waals surface area (Å²) >= 11 is 8.69. The lowest BCUT2D eigenvalue weighted by atomic mass is 9.85. The minimum absolute atomic E-state index is 0.0175. The van der Waals surface area contributed by atoms with E-state index in [0.29, 0.717) is 42.5 Å². The van der Waals surface area contributed by atoms with Gasteiger partial charge in [-0.1, -0.05) is 29.0 Å². The molecule has 2 aromatic heterocycles. The number of carboxylic acids is 1. The first-order valence-electron chi connectivity index (χ1n) is 12.0. The smallest absolute Gasteiger partial charge is 0.365 e. The number of esters is 1. The number of halogens is 3. The lowest BCUT2D eigenvalue weighted by Crippen LogP contribution is -2.41. The van der Waals surface area contributed by atoms with Crippen LogP contribution in [0.5, 0.6) is 0 Å². The van der Waals surface area contributed by atoms with Crippen LogP contribution in [0.3, 0.4) is 0 Å². The van der Waals surface area contributed by atoms with Crippen LogP contribution in [0, 0.1) is 17.6 Å². The van der Waals surface area contributed by atoms with Gasteiger partial charge in [0.25, 0.3) is 0 Å². The second kappa shape index (κ2) is 11.4. The van der Waals surface area contributed by atoms with Crippen LogP contribution in [0.2, 0.25) is 5.02 Å². The SMILES string of the molecule is CCOC(=O)C1=C(C2CCN(c3cnc(C(=O)O)s3)CC2)NC(c2nccs2)=NC1c1ccc(F)c(F)c1Cl. The third-order valence-electron chi connectivity index (χ3n) is 6.46.